The second-order valence-corrected chi connectivity index (χ2v) is 12.0. The number of benzene rings is 5. The molecule has 5 aromatic rings. The highest BCUT2D eigenvalue weighted by molar-refractivity contribution is 5.52. The number of hydrogen-bond acceptors (Lipinski definition) is 5. The maximum atomic E-state index is 9.30. The van der Waals surface area contributed by atoms with E-state index in [9.17, 15) is 10.5 Å². The first kappa shape index (κ1) is 31.2. The number of rotatable bonds is 8. The molecule has 0 heterocycles. The first-order chi connectivity index (χ1) is 22.1. The summed E-state index contributed by atoms with van der Waals surface area (Å²) in [7, 11) is 0. The van der Waals surface area contributed by atoms with Gasteiger partial charge in [0, 0.05) is 16.4 Å². The van der Waals surface area contributed by atoms with Crippen LogP contribution in [-0.2, 0) is 10.8 Å². The predicted octanol–water partition coefficient (Wildman–Crippen LogP) is 9.52. The van der Waals surface area contributed by atoms with Crippen molar-refractivity contribution in [3.63, 3.8) is 0 Å². The maximum absolute atomic E-state index is 9.30. The Morgan fingerprint density at radius 1 is 0.435 bits per heavy atom. The Morgan fingerprint density at radius 3 is 1.09 bits per heavy atom. The highest BCUT2D eigenvalue weighted by Gasteiger charge is 2.27. The molecule has 222 valence electrons. The molecule has 0 radical (unpaired) electrons. The van der Waals surface area contributed by atoms with Crippen LogP contribution >= 0.6 is 0 Å². The van der Waals surface area contributed by atoms with E-state index in [0.717, 1.165) is 11.1 Å². The van der Waals surface area contributed by atoms with Gasteiger partial charge in [-0.2, -0.15) is 15.8 Å². The minimum atomic E-state index is -0.257. The van der Waals surface area contributed by atoms with Crippen LogP contribution in [-0.4, -0.2) is 0 Å². The molecule has 0 saturated heterocycles. The van der Waals surface area contributed by atoms with Crippen LogP contribution in [0.3, 0.4) is 0 Å². The molecule has 0 spiro atoms. The van der Waals surface area contributed by atoms with Gasteiger partial charge in [-0.3, -0.25) is 0 Å². The third-order valence-corrected chi connectivity index (χ3v) is 8.45. The van der Waals surface area contributed by atoms with Gasteiger partial charge >= 0.3 is 0 Å². The van der Waals surface area contributed by atoms with Crippen LogP contribution in [0.2, 0.25) is 0 Å². The Morgan fingerprint density at radius 2 is 0.739 bits per heavy atom. The third-order valence-electron chi connectivity index (χ3n) is 8.45. The monoisotopic (exact) mass is 597 g/mol. The minimum Gasteiger partial charge on any atom is -0.457 e. The molecule has 5 aromatic carbocycles. The number of hydrogen-bond donors (Lipinski definition) is 0. The van der Waals surface area contributed by atoms with E-state index >= 15 is 0 Å². The van der Waals surface area contributed by atoms with E-state index in [2.05, 4.69) is 88.2 Å². The SMILES string of the molecule is C#Cc1cc(Oc2ccc(C(C)(C)c3ccc(C(C)(C)c4ccc(Oc5ccc(C#N)c(C#N)c5)cc4)cc3)cc2)ccc1C#N. The summed E-state index contributed by atoms with van der Waals surface area (Å²) in [5, 5.41) is 27.7. The molecule has 5 nitrogen and oxygen atoms in total. The molecule has 0 unspecified atom stereocenters. The fraction of sp³-hybridized carbons (Fsp3) is 0.146. The lowest BCUT2D eigenvalue weighted by Crippen LogP contribution is -2.21. The van der Waals surface area contributed by atoms with Crippen molar-refractivity contribution >= 4 is 0 Å². The molecule has 0 amide bonds. The summed E-state index contributed by atoms with van der Waals surface area (Å²) in [5.74, 6) is 4.96. The average molecular weight is 598 g/mol. The molecule has 0 N–H and O–H groups in total. The van der Waals surface area contributed by atoms with Gasteiger partial charge in [-0.25, -0.2) is 0 Å². The number of nitriles is 3. The van der Waals surface area contributed by atoms with E-state index in [1.54, 1.807) is 36.4 Å². The van der Waals surface area contributed by atoms with E-state index in [1.165, 1.54) is 11.1 Å². The van der Waals surface area contributed by atoms with Gasteiger partial charge in [0.05, 0.1) is 16.7 Å². The van der Waals surface area contributed by atoms with Crippen molar-refractivity contribution in [2.45, 2.75) is 38.5 Å². The zero-order chi connectivity index (χ0) is 32.9. The molecule has 0 aromatic heterocycles. The van der Waals surface area contributed by atoms with E-state index in [0.29, 0.717) is 39.7 Å². The summed E-state index contributed by atoms with van der Waals surface area (Å²) >= 11 is 0. The van der Waals surface area contributed by atoms with Crippen molar-refractivity contribution in [2.75, 3.05) is 0 Å². The zero-order valence-corrected chi connectivity index (χ0v) is 26.1. The van der Waals surface area contributed by atoms with Crippen molar-refractivity contribution < 1.29 is 9.47 Å². The molecular weight excluding hydrogens is 566 g/mol. The Labute approximate surface area is 270 Å². The van der Waals surface area contributed by atoms with Crippen LogP contribution in [0.15, 0.2) is 109 Å². The molecule has 46 heavy (non-hydrogen) atoms. The van der Waals surface area contributed by atoms with Crippen molar-refractivity contribution in [3.05, 3.63) is 154 Å². The van der Waals surface area contributed by atoms with Crippen molar-refractivity contribution in [3.8, 4) is 53.5 Å². The molecule has 0 atom stereocenters. The lowest BCUT2D eigenvalue weighted by molar-refractivity contribution is 0.481. The highest BCUT2D eigenvalue weighted by Crippen LogP contribution is 2.37. The molecule has 0 aliphatic rings. The second-order valence-electron chi connectivity index (χ2n) is 12.0. The average Bonchev–Trinajstić information content (AvgIpc) is 3.08. The number of terminal acetylenes is 1. The van der Waals surface area contributed by atoms with Gasteiger partial charge in [0.1, 0.15) is 41.2 Å². The van der Waals surface area contributed by atoms with Crippen molar-refractivity contribution in [1.29, 1.82) is 15.8 Å². The topological polar surface area (TPSA) is 89.8 Å². The van der Waals surface area contributed by atoms with Crippen molar-refractivity contribution in [1.82, 2.24) is 0 Å². The number of nitrogens with zero attached hydrogens (tertiary/aromatic N) is 3. The number of ether oxygens (including phenoxy) is 2. The second kappa shape index (κ2) is 12.8. The van der Waals surface area contributed by atoms with Crippen molar-refractivity contribution in [2.24, 2.45) is 0 Å². The van der Waals surface area contributed by atoms with Crippen LogP contribution < -0.4 is 9.47 Å². The summed E-state index contributed by atoms with van der Waals surface area (Å²) in [4.78, 5) is 0. The summed E-state index contributed by atoms with van der Waals surface area (Å²) in [6.07, 6.45) is 5.54. The normalized spacial score (nSPS) is 11.0. The fourth-order valence-electron chi connectivity index (χ4n) is 5.37. The molecular formula is C41H31N3O2. The Kier molecular flexibility index (Phi) is 8.65. The molecule has 0 aliphatic carbocycles. The van der Waals surface area contributed by atoms with Gasteiger partial charge in [0.25, 0.3) is 0 Å². The van der Waals surface area contributed by atoms with Gasteiger partial charge in [0.2, 0.25) is 0 Å². The van der Waals surface area contributed by atoms with Crippen LogP contribution in [0.25, 0.3) is 0 Å². The van der Waals surface area contributed by atoms with Gasteiger partial charge in [0.15, 0.2) is 0 Å². The maximum Gasteiger partial charge on any atom is 0.128 e. The first-order valence-electron chi connectivity index (χ1n) is 14.7. The van der Waals surface area contributed by atoms with Crippen LogP contribution in [0.1, 0.15) is 72.2 Å². The summed E-state index contributed by atoms with van der Waals surface area (Å²) in [6.45, 7) is 8.80. The van der Waals surface area contributed by atoms with Gasteiger partial charge in [-0.15, -0.1) is 6.42 Å². The van der Waals surface area contributed by atoms with Gasteiger partial charge in [-0.05, 0) is 82.9 Å². The molecule has 0 saturated carbocycles. The fourth-order valence-corrected chi connectivity index (χ4v) is 5.37. The minimum absolute atomic E-state index is 0.248. The van der Waals surface area contributed by atoms with E-state index in [1.807, 2.05) is 36.4 Å². The highest BCUT2D eigenvalue weighted by atomic mass is 16.5. The van der Waals surface area contributed by atoms with E-state index in [4.69, 9.17) is 21.2 Å². The zero-order valence-electron chi connectivity index (χ0n) is 26.1. The summed E-state index contributed by atoms with van der Waals surface area (Å²) in [6, 6.07) is 40.8. The predicted molar refractivity (Wildman–Crippen MR) is 179 cm³/mol. The van der Waals surface area contributed by atoms with E-state index in [-0.39, 0.29) is 16.4 Å². The molecule has 5 rings (SSSR count). The Balaban J connectivity index is 1.28. The first-order valence-corrected chi connectivity index (χ1v) is 14.7. The van der Waals surface area contributed by atoms with Gasteiger partial charge < -0.3 is 9.47 Å². The molecule has 5 heteroatoms. The van der Waals surface area contributed by atoms with E-state index < -0.39 is 0 Å². The van der Waals surface area contributed by atoms with Crippen LogP contribution in [0.5, 0.6) is 23.0 Å². The molecule has 0 fully saturated rings. The molecule has 0 aliphatic heterocycles. The van der Waals surface area contributed by atoms with Crippen LogP contribution in [0, 0.1) is 46.3 Å². The molecule has 0 bridgehead atoms. The Bertz CT molecular complexity index is 1910. The lowest BCUT2D eigenvalue weighted by Gasteiger charge is -2.29. The summed E-state index contributed by atoms with van der Waals surface area (Å²) < 4.78 is 12.0. The van der Waals surface area contributed by atoms with Crippen LogP contribution in [0.4, 0.5) is 0 Å². The quantitative estimate of drug-likeness (QED) is 0.166. The largest absolute Gasteiger partial charge is 0.457 e. The Hall–Kier alpha value is -6.27. The summed E-state index contributed by atoms with van der Waals surface area (Å²) in [5.41, 5.74) is 5.72. The smallest absolute Gasteiger partial charge is 0.128 e. The standard InChI is InChI=1S/C41H31N3O2/c1-6-28-23-38(17-7-29(28)25-42)45-36-19-13-34(14-20-36)40(2,3)32-9-11-33(12-10-32)41(4,5)35-15-21-37(22-16-35)46-39-18-8-30(26-43)31(24-39)27-44/h1,7-24H,2-5H3. The van der Waals surface area contributed by atoms with Gasteiger partial charge in [-0.1, -0.05) is 82.1 Å². The lowest BCUT2D eigenvalue weighted by atomic mass is 9.74. The third kappa shape index (κ3) is 6.32.